The standard InChI is InChI=1S/C14H17N3O3/c1-11-10-16(9-8-15-11)14(18)7-4-12-2-5-13(6-3-12)17(19)20/h2-7,11,15H,8-10H2,1H3. The Morgan fingerprint density at radius 3 is 2.75 bits per heavy atom. The highest BCUT2D eigenvalue weighted by atomic mass is 16.6. The summed E-state index contributed by atoms with van der Waals surface area (Å²) in [4.78, 5) is 23.9. The van der Waals surface area contributed by atoms with E-state index in [0.717, 1.165) is 12.1 Å². The average Bonchev–Trinajstić information content (AvgIpc) is 2.45. The number of piperazine rings is 1. The number of nitrogens with zero attached hydrogens (tertiary/aromatic N) is 2. The minimum atomic E-state index is -0.444. The van der Waals surface area contributed by atoms with Gasteiger partial charge in [0.25, 0.3) is 5.69 Å². The number of non-ortho nitro benzene ring substituents is 1. The van der Waals surface area contributed by atoms with E-state index in [1.165, 1.54) is 18.2 Å². The van der Waals surface area contributed by atoms with Gasteiger partial charge in [0.05, 0.1) is 4.92 Å². The van der Waals surface area contributed by atoms with Gasteiger partial charge in [0.1, 0.15) is 0 Å². The monoisotopic (exact) mass is 275 g/mol. The summed E-state index contributed by atoms with van der Waals surface area (Å²) >= 11 is 0. The first-order valence-electron chi connectivity index (χ1n) is 6.51. The van der Waals surface area contributed by atoms with Crippen LogP contribution in [0, 0.1) is 10.1 Å². The average molecular weight is 275 g/mol. The maximum Gasteiger partial charge on any atom is 0.269 e. The van der Waals surface area contributed by atoms with Crippen LogP contribution in [0.15, 0.2) is 30.3 Å². The van der Waals surface area contributed by atoms with Crippen LogP contribution in [0.1, 0.15) is 12.5 Å². The number of rotatable bonds is 3. The molecule has 6 nitrogen and oxygen atoms in total. The Kier molecular flexibility index (Phi) is 4.47. The molecule has 1 fully saturated rings. The maximum atomic E-state index is 12.0. The fourth-order valence-electron chi connectivity index (χ4n) is 2.11. The number of benzene rings is 1. The van der Waals surface area contributed by atoms with E-state index in [2.05, 4.69) is 5.32 Å². The summed E-state index contributed by atoms with van der Waals surface area (Å²) in [6.45, 7) is 4.25. The van der Waals surface area contributed by atoms with E-state index in [1.54, 1.807) is 23.1 Å². The molecule has 6 heteroatoms. The molecule has 1 aromatic rings. The number of nitrogens with one attached hydrogen (secondary N) is 1. The van der Waals surface area contributed by atoms with Gasteiger partial charge in [0.2, 0.25) is 5.91 Å². The van der Waals surface area contributed by atoms with Crippen LogP contribution in [-0.2, 0) is 4.79 Å². The van der Waals surface area contributed by atoms with Crippen molar-refractivity contribution in [1.82, 2.24) is 10.2 Å². The predicted molar refractivity (Wildman–Crippen MR) is 76.2 cm³/mol. The lowest BCUT2D eigenvalue weighted by atomic mass is 10.2. The van der Waals surface area contributed by atoms with Gasteiger partial charge in [-0.25, -0.2) is 0 Å². The molecule has 0 spiro atoms. The zero-order chi connectivity index (χ0) is 14.5. The van der Waals surface area contributed by atoms with Crippen molar-refractivity contribution in [3.8, 4) is 0 Å². The number of carbonyl (C=O) groups is 1. The topological polar surface area (TPSA) is 75.5 Å². The number of hydrogen-bond donors (Lipinski definition) is 1. The molecule has 0 bridgehead atoms. The highest BCUT2D eigenvalue weighted by Crippen LogP contribution is 2.13. The van der Waals surface area contributed by atoms with Crippen LogP contribution < -0.4 is 5.32 Å². The molecule has 1 unspecified atom stereocenters. The highest BCUT2D eigenvalue weighted by Gasteiger charge is 2.18. The molecular formula is C14H17N3O3. The maximum absolute atomic E-state index is 12.0. The van der Waals surface area contributed by atoms with Gasteiger partial charge in [-0.3, -0.25) is 14.9 Å². The summed E-state index contributed by atoms with van der Waals surface area (Å²) in [6, 6.07) is 6.42. The van der Waals surface area contributed by atoms with E-state index in [4.69, 9.17) is 0 Å². The van der Waals surface area contributed by atoms with E-state index in [-0.39, 0.29) is 11.6 Å². The fraction of sp³-hybridized carbons (Fsp3) is 0.357. The van der Waals surface area contributed by atoms with Gasteiger partial charge >= 0.3 is 0 Å². The Morgan fingerprint density at radius 1 is 1.45 bits per heavy atom. The van der Waals surface area contributed by atoms with Crippen LogP contribution in [-0.4, -0.2) is 41.4 Å². The van der Waals surface area contributed by atoms with Gasteiger partial charge in [-0.1, -0.05) is 0 Å². The molecule has 20 heavy (non-hydrogen) atoms. The fourth-order valence-corrected chi connectivity index (χ4v) is 2.11. The third kappa shape index (κ3) is 3.64. The second-order valence-corrected chi connectivity index (χ2v) is 4.82. The molecular weight excluding hydrogens is 258 g/mol. The molecule has 0 aromatic heterocycles. The van der Waals surface area contributed by atoms with Crippen molar-refractivity contribution < 1.29 is 9.72 Å². The largest absolute Gasteiger partial charge is 0.336 e. The molecule has 1 saturated heterocycles. The van der Waals surface area contributed by atoms with E-state index >= 15 is 0 Å². The zero-order valence-corrected chi connectivity index (χ0v) is 11.3. The van der Waals surface area contributed by atoms with Crippen LogP contribution in [0.2, 0.25) is 0 Å². The number of nitro benzene ring substituents is 1. The minimum absolute atomic E-state index is 0.0308. The van der Waals surface area contributed by atoms with Crippen LogP contribution in [0.25, 0.3) is 6.08 Å². The van der Waals surface area contributed by atoms with Crippen molar-refractivity contribution in [3.05, 3.63) is 46.0 Å². The minimum Gasteiger partial charge on any atom is -0.336 e. The lowest BCUT2D eigenvalue weighted by Crippen LogP contribution is -2.50. The van der Waals surface area contributed by atoms with Crippen molar-refractivity contribution in [3.63, 3.8) is 0 Å². The molecule has 1 aliphatic heterocycles. The highest BCUT2D eigenvalue weighted by molar-refractivity contribution is 5.91. The van der Waals surface area contributed by atoms with Crippen molar-refractivity contribution in [1.29, 1.82) is 0 Å². The van der Waals surface area contributed by atoms with Crippen molar-refractivity contribution in [2.75, 3.05) is 19.6 Å². The normalized spacial score (nSPS) is 19.2. The van der Waals surface area contributed by atoms with Gasteiger partial charge in [-0.2, -0.15) is 0 Å². The molecule has 0 saturated carbocycles. The Labute approximate surface area is 117 Å². The molecule has 1 heterocycles. The van der Waals surface area contributed by atoms with Crippen LogP contribution >= 0.6 is 0 Å². The second kappa shape index (κ2) is 6.29. The van der Waals surface area contributed by atoms with Gasteiger partial charge in [0, 0.05) is 43.9 Å². The number of hydrogen-bond acceptors (Lipinski definition) is 4. The Balaban J connectivity index is 1.97. The summed E-state index contributed by atoms with van der Waals surface area (Å²) in [6.07, 6.45) is 3.19. The molecule has 1 aromatic carbocycles. The van der Waals surface area contributed by atoms with E-state index in [0.29, 0.717) is 19.1 Å². The summed E-state index contributed by atoms with van der Waals surface area (Å²) in [7, 11) is 0. The number of carbonyl (C=O) groups excluding carboxylic acids is 1. The summed E-state index contributed by atoms with van der Waals surface area (Å²) < 4.78 is 0. The van der Waals surface area contributed by atoms with Crippen molar-refractivity contribution in [2.45, 2.75) is 13.0 Å². The molecule has 0 aliphatic carbocycles. The first kappa shape index (κ1) is 14.2. The summed E-state index contributed by atoms with van der Waals surface area (Å²) in [5, 5.41) is 13.8. The second-order valence-electron chi connectivity index (χ2n) is 4.82. The van der Waals surface area contributed by atoms with Gasteiger partial charge in [0.15, 0.2) is 0 Å². The molecule has 1 atom stereocenters. The quantitative estimate of drug-likeness (QED) is 0.514. The van der Waals surface area contributed by atoms with Gasteiger partial charge in [-0.05, 0) is 30.7 Å². The van der Waals surface area contributed by atoms with E-state index in [1.807, 2.05) is 6.92 Å². The summed E-state index contributed by atoms with van der Waals surface area (Å²) in [5.74, 6) is -0.0308. The van der Waals surface area contributed by atoms with Crippen LogP contribution in [0.4, 0.5) is 5.69 Å². The van der Waals surface area contributed by atoms with E-state index in [9.17, 15) is 14.9 Å². The molecule has 106 valence electrons. The molecule has 1 N–H and O–H groups in total. The smallest absolute Gasteiger partial charge is 0.269 e. The first-order valence-corrected chi connectivity index (χ1v) is 6.51. The van der Waals surface area contributed by atoms with Crippen molar-refractivity contribution >= 4 is 17.7 Å². The Bertz CT molecular complexity index is 525. The molecule has 1 aliphatic rings. The van der Waals surface area contributed by atoms with Gasteiger partial charge < -0.3 is 10.2 Å². The lowest BCUT2D eigenvalue weighted by molar-refractivity contribution is -0.384. The molecule has 1 amide bonds. The van der Waals surface area contributed by atoms with E-state index < -0.39 is 4.92 Å². The predicted octanol–water partition coefficient (Wildman–Crippen LogP) is 1.43. The summed E-state index contributed by atoms with van der Waals surface area (Å²) in [5.41, 5.74) is 0.816. The lowest BCUT2D eigenvalue weighted by Gasteiger charge is -2.31. The third-order valence-electron chi connectivity index (χ3n) is 3.20. The van der Waals surface area contributed by atoms with Crippen LogP contribution in [0.5, 0.6) is 0 Å². The Hall–Kier alpha value is -2.21. The molecule has 0 radical (unpaired) electrons. The van der Waals surface area contributed by atoms with Gasteiger partial charge in [-0.15, -0.1) is 0 Å². The zero-order valence-electron chi connectivity index (χ0n) is 11.3. The molecule has 2 rings (SSSR count). The van der Waals surface area contributed by atoms with Crippen LogP contribution in [0.3, 0.4) is 0 Å². The number of amides is 1. The SMILES string of the molecule is CC1CN(C(=O)C=Cc2ccc([N+](=O)[O-])cc2)CCN1. The van der Waals surface area contributed by atoms with Crippen molar-refractivity contribution in [2.24, 2.45) is 0 Å². The first-order chi connectivity index (χ1) is 9.56. The third-order valence-corrected chi connectivity index (χ3v) is 3.20. The number of nitro groups is 1. The Morgan fingerprint density at radius 2 is 2.15 bits per heavy atom.